The third kappa shape index (κ3) is 5.66. The predicted octanol–water partition coefficient (Wildman–Crippen LogP) is 0.244. The van der Waals surface area contributed by atoms with Crippen molar-refractivity contribution in [3.05, 3.63) is 35.1 Å². The molecule has 0 saturated heterocycles. The minimum atomic E-state index is -3.55. The van der Waals surface area contributed by atoms with Gasteiger partial charge in [-0.3, -0.25) is 0 Å². The Morgan fingerprint density at radius 2 is 1.79 bits per heavy atom. The molecule has 0 unspecified atom stereocenters. The molecule has 0 fully saturated rings. The molecule has 1 rings (SSSR count). The van der Waals surface area contributed by atoms with Gasteiger partial charge < -0.3 is 5.73 Å². The maximum atomic E-state index is 13.2. The van der Waals surface area contributed by atoms with Crippen LogP contribution >= 0.6 is 0 Å². The Labute approximate surface area is 112 Å². The van der Waals surface area contributed by atoms with E-state index in [4.69, 9.17) is 5.73 Å². The Morgan fingerprint density at radius 3 is 2.32 bits per heavy atom. The van der Waals surface area contributed by atoms with E-state index in [2.05, 4.69) is 0 Å². The predicted molar refractivity (Wildman–Crippen MR) is 71.5 cm³/mol. The van der Waals surface area contributed by atoms with E-state index in [1.54, 1.807) is 0 Å². The summed E-state index contributed by atoms with van der Waals surface area (Å²) in [6.45, 7) is -0.0247. The molecule has 0 spiro atoms. The molecule has 0 aliphatic carbocycles. The maximum absolute atomic E-state index is 13.2. The first-order valence-electron chi connectivity index (χ1n) is 5.48. The molecule has 2 N–H and O–H groups in total. The molecule has 0 heterocycles. The lowest BCUT2D eigenvalue weighted by atomic mass is 10.1. The third-order valence-electron chi connectivity index (χ3n) is 2.48. The molecule has 0 bridgehead atoms. The van der Waals surface area contributed by atoms with E-state index in [-0.39, 0.29) is 17.9 Å². The van der Waals surface area contributed by atoms with Gasteiger partial charge in [0.25, 0.3) is 0 Å². The summed E-state index contributed by atoms with van der Waals surface area (Å²) in [5.41, 5.74) is 5.96. The number of hydrogen-bond donors (Lipinski definition) is 1. The highest BCUT2D eigenvalue weighted by atomic mass is 32.2. The summed E-state index contributed by atoms with van der Waals surface area (Å²) in [6.07, 6.45) is 0.979. The molecular formula is C11H16FNO4S2. The smallest absolute Gasteiger partial charge is 0.155 e. The second kappa shape index (κ2) is 5.98. The molecule has 0 aliphatic heterocycles. The largest absolute Gasteiger partial charge is 0.326 e. The zero-order chi connectivity index (χ0) is 14.7. The summed E-state index contributed by atoms with van der Waals surface area (Å²) in [5.74, 6) is -1.67. The van der Waals surface area contributed by atoms with Crippen LogP contribution in [0, 0.1) is 5.82 Å². The summed E-state index contributed by atoms with van der Waals surface area (Å²) < 4.78 is 58.6. The number of nitrogens with two attached hydrogens (primary N) is 1. The van der Waals surface area contributed by atoms with Crippen molar-refractivity contribution >= 4 is 19.7 Å². The second-order valence-electron chi connectivity index (χ2n) is 4.35. The Bertz CT molecular complexity index is 653. The van der Waals surface area contributed by atoms with Crippen LogP contribution in [0.4, 0.5) is 4.39 Å². The van der Waals surface area contributed by atoms with Crippen molar-refractivity contribution in [2.75, 3.05) is 17.8 Å². The van der Waals surface area contributed by atoms with Crippen molar-refractivity contribution in [1.82, 2.24) is 0 Å². The van der Waals surface area contributed by atoms with E-state index < -0.39 is 37.0 Å². The Kier molecular flexibility index (Phi) is 5.05. The molecule has 0 atom stereocenters. The molecule has 8 heteroatoms. The first-order valence-corrected chi connectivity index (χ1v) is 9.37. The van der Waals surface area contributed by atoms with Gasteiger partial charge in [0.2, 0.25) is 0 Å². The van der Waals surface area contributed by atoms with Crippen molar-refractivity contribution < 1.29 is 21.2 Å². The molecule has 0 aliphatic rings. The summed E-state index contributed by atoms with van der Waals surface area (Å²) in [6, 6.07) is 3.89. The lowest BCUT2D eigenvalue weighted by Crippen LogP contribution is -2.18. The zero-order valence-corrected chi connectivity index (χ0v) is 12.1. The third-order valence-corrected chi connectivity index (χ3v) is 5.29. The average molecular weight is 309 g/mol. The molecule has 0 amide bonds. The Hall–Kier alpha value is -0.990. The summed E-state index contributed by atoms with van der Waals surface area (Å²) in [5, 5.41) is 0. The van der Waals surface area contributed by atoms with Crippen molar-refractivity contribution in [1.29, 1.82) is 0 Å². The SMILES string of the molecule is CS(=O)(=O)CCS(=O)(=O)Cc1ccc(F)c(CN)c1. The quantitative estimate of drug-likeness (QED) is 0.812. The lowest BCUT2D eigenvalue weighted by Gasteiger charge is -2.06. The fourth-order valence-electron chi connectivity index (χ4n) is 1.48. The van der Waals surface area contributed by atoms with Crippen LogP contribution in [0.25, 0.3) is 0 Å². The maximum Gasteiger partial charge on any atom is 0.155 e. The highest BCUT2D eigenvalue weighted by molar-refractivity contribution is 7.94. The van der Waals surface area contributed by atoms with Gasteiger partial charge in [0.15, 0.2) is 9.84 Å². The number of halogens is 1. The normalized spacial score (nSPS) is 12.6. The number of rotatable bonds is 6. The molecular weight excluding hydrogens is 293 g/mol. The summed E-state index contributed by atoms with van der Waals surface area (Å²) >= 11 is 0. The van der Waals surface area contributed by atoms with Gasteiger partial charge in [-0.2, -0.15) is 0 Å². The van der Waals surface area contributed by atoms with Gasteiger partial charge in [-0.1, -0.05) is 12.1 Å². The molecule has 1 aromatic carbocycles. The van der Waals surface area contributed by atoms with Crippen molar-refractivity contribution in [2.45, 2.75) is 12.3 Å². The van der Waals surface area contributed by atoms with Crippen molar-refractivity contribution in [3.63, 3.8) is 0 Å². The van der Waals surface area contributed by atoms with Crippen LogP contribution in [0.15, 0.2) is 18.2 Å². The van der Waals surface area contributed by atoms with Gasteiger partial charge in [-0.05, 0) is 11.6 Å². The molecule has 5 nitrogen and oxygen atoms in total. The van der Waals surface area contributed by atoms with Gasteiger partial charge in [0.1, 0.15) is 15.7 Å². The van der Waals surface area contributed by atoms with Gasteiger partial charge in [-0.15, -0.1) is 0 Å². The Balaban J connectivity index is 2.84. The van der Waals surface area contributed by atoms with Crippen LogP contribution in [0.1, 0.15) is 11.1 Å². The molecule has 0 aromatic heterocycles. The molecule has 0 saturated carbocycles. The van der Waals surface area contributed by atoms with Crippen LogP contribution in [-0.4, -0.2) is 34.6 Å². The fourth-order valence-corrected chi connectivity index (χ4v) is 4.54. The second-order valence-corrected chi connectivity index (χ2v) is 8.80. The van der Waals surface area contributed by atoms with E-state index in [1.165, 1.54) is 12.1 Å². The van der Waals surface area contributed by atoms with Gasteiger partial charge in [0, 0.05) is 18.4 Å². The monoisotopic (exact) mass is 309 g/mol. The Morgan fingerprint density at radius 1 is 1.16 bits per heavy atom. The van der Waals surface area contributed by atoms with Gasteiger partial charge in [-0.25, -0.2) is 21.2 Å². The number of benzene rings is 1. The standard InChI is InChI=1S/C11H16FNO4S2/c1-18(14,15)4-5-19(16,17)8-9-2-3-11(12)10(6-9)7-13/h2-3,6H,4-5,7-8,13H2,1H3. The zero-order valence-electron chi connectivity index (χ0n) is 10.5. The molecule has 108 valence electrons. The minimum Gasteiger partial charge on any atom is -0.326 e. The number of hydrogen-bond acceptors (Lipinski definition) is 5. The average Bonchev–Trinajstić information content (AvgIpc) is 2.28. The highest BCUT2D eigenvalue weighted by Gasteiger charge is 2.16. The van der Waals surface area contributed by atoms with E-state index in [1.807, 2.05) is 0 Å². The summed E-state index contributed by atoms with van der Waals surface area (Å²) in [7, 11) is -6.88. The van der Waals surface area contributed by atoms with Gasteiger partial charge >= 0.3 is 0 Å². The molecule has 0 radical (unpaired) electrons. The van der Waals surface area contributed by atoms with Crippen molar-refractivity contribution in [3.8, 4) is 0 Å². The van der Waals surface area contributed by atoms with Crippen LogP contribution < -0.4 is 5.73 Å². The fraction of sp³-hybridized carbons (Fsp3) is 0.455. The minimum absolute atomic E-state index is 0.0247. The van der Waals surface area contributed by atoms with E-state index in [9.17, 15) is 21.2 Å². The first-order chi connectivity index (χ1) is 8.63. The van der Waals surface area contributed by atoms with Gasteiger partial charge in [0.05, 0.1) is 17.3 Å². The first kappa shape index (κ1) is 16.1. The lowest BCUT2D eigenvalue weighted by molar-refractivity contribution is 0.589. The van der Waals surface area contributed by atoms with Crippen LogP contribution in [0.3, 0.4) is 0 Å². The van der Waals surface area contributed by atoms with E-state index in [0.29, 0.717) is 5.56 Å². The van der Waals surface area contributed by atoms with Crippen LogP contribution in [-0.2, 0) is 32.0 Å². The summed E-state index contributed by atoms with van der Waals surface area (Å²) in [4.78, 5) is 0. The van der Waals surface area contributed by atoms with Crippen LogP contribution in [0.5, 0.6) is 0 Å². The topological polar surface area (TPSA) is 94.3 Å². The van der Waals surface area contributed by atoms with Crippen molar-refractivity contribution in [2.24, 2.45) is 5.73 Å². The number of sulfone groups is 2. The van der Waals surface area contributed by atoms with E-state index in [0.717, 1.165) is 12.3 Å². The highest BCUT2D eigenvalue weighted by Crippen LogP contribution is 2.13. The molecule has 19 heavy (non-hydrogen) atoms. The van der Waals surface area contributed by atoms with E-state index >= 15 is 0 Å². The molecule has 1 aromatic rings. The van der Waals surface area contributed by atoms with Crippen LogP contribution in [0.2, 0.25) is 0 Å².